The Morgan fingerprint density at radius 1 is 1.20 bits per heavy atom. The molecule has 1 N–H and O–H groups in total. The summed E-state index contributed by atoms with van der Waals surface area (Å²) in [4.78, 5) is 18.2. The summed E-state index contributed by atoms with van der Waals surface area (Å²) in [6.07, 6.45) is -1.60. The maximum absolute atomic E-state index is 13.0. The lowest BCUT2D eigenvalue weighted by Gasteiger charge is -2.38. The third-order valence-electron chi connectivity index (χ3n) is 6.15. The Morgan fingerprint density at radius 2 is 1.91 bits per heavy atom. The van der Waals surface area contributed by atoms with E-state index in [0.29, 0.717) is 24.9 Å². The number of anilines is 3. The lowest BCUT2D eigenvalue weighted by Crippen LogP contribution is -2.42. The number of esters is 1. The normalized spacial score (nSPS) is 15.7. The van der Waals surface area contributed by atoms with E-state index in [1.807, 2.05) is 25.1 Å². The van der Waals surface area contributed by atoms with Crippen LogP contribution in [0.1, 0.15) is 57.1 Å². The van der Waals surface area contributed by atoms with Crippen LogP contribution in [0.25, 0.3) is 0 Å². The van der Waals surface area contributed by atoms with Gasteiger partial charge in [-0.05, 0) is 54.5 Å². The molecule has 1 fully saturated rings. The number of rotatable bonds is 9. The summed E-state index contributed by atoms with van der Waals surface area (Å²) < 4.78 is 49.4. The van der Waals surface area contributed by atoms with Crippen LogP contribution in [-0.4, -0.2) is 43.9 Å². The minimum atomic E-state index is -4.45. The van der Waals surface area contributed by atoms with E-state index >= 15 is 0 Å². The molecule has 0 amide bonds. The highest BCUT2D eigenvalue weighted by atomic mass is 19.4. The molecule has 1 aliphatic heterocycles. The van der Waals surface area contributed by atoms with Gasteiger partial charge < -0.3 is 19.7 Å². The minimum absolute atomic E-state index is 0.0979. The second kappa shape index (κ2) is 11.7. The first-order valence-electron chi connectivity index (χ1n) is 11.9. The number of carbonyl (C=O) groups excluding carboxylic acids is 1. The maximum atomic E-state index is 13.0. The quantitative estimate of drug-likeness (QED) is 0.423. The smallest absolute Gasteiger partial charge is 0.417 e. The Labute approximate surface area is 204 Å². The molecule has 6 nitrogen and oxygen atoms in total. The van der Waals surface area contributed by atoms with Gasteiger partial charge >= 0.3 is 12.1 Å². The van der Waals surface area contributed by atoms with Crippen LogP contribution in [0.15, 0.2) is 36.5 Å². The fourth-order valence-corrected chi connectivity index (χ4v) is 4.27. The Bertz CT molecular complexity index is 974. The monoisotopic (exact) mass is 493 g/mol. The molecule has 3 rings (SSSR count). The SMILES string of the molecule is COC(=O)CC(C)c1ccc(N(CC(C)C)C2CCOCC2)c(Nc2ccc(C(F)(F)F)cn2)c1. The molecule has 0 spiro atoms. The number of alkyl halides is 3. The fourth-order valence-electron chi connectivity index (χ4n) is 4.27. The molecule has 1 saturated heterocycles. The van der Waals surface area contributed by atoms with Crippen molar-refractivity contribution in [1.82, 2.24) is 4.98 Å². The van der Waals surface area contributed by atoms with Gasteiger partial charge in [0.15, 0.2) is 0 Å². The van der Waals surface area contributed by atoms with Crippen molar-refractivity contribution in [2.45, 2.75) is 58.2 Å². The highest BCUT2D eigenvalue weighted by molar-refractivity contribution is 5.76. The summed E-state index contributed by atoms with van der Waals surface area (Å²) in [7, 11) is 1.36. The first-order chi connectivity index (χ1) is 16.6. The van der Waals surface area contributed by atoms with Crippen molar-refractivity contribution >= 4 is 23.2 Å². The van der Waals surface area contributed by atoms with Crippen LogP contribution >= 0.6 is 0 Å². The molecule has 0 radical (unpaired) electrons. The number of ether oxygens (including phenoxy) is 2. The van der Waals surface area contributed by atoms with E-state index in [1.165, 1.54) is 13.2 Å². The van der Waals surface area contributed by atoms with Gasteiger partial charge in [-0.1, -0.05) is 26.8 Å². The molecule has 0 aliphatic carbocycles. The Kier molecular flexibility index (Phi) is 8.99. The van der Waals surface area contributed by atoms with E-state index in [2.05, 4.69) is 29.0 Å². The maximum Gasteiger partial charge on any atom is 0.417 e. The van der Waals surface area contributed by atoms with Gasteiger partial charge in [-0.3, -0.25) is 4.79 Å². The predicted octanol–water partition coefficient (Wildman–Crippen LogP) is 6.15. The standard InChI is InChI=1S/C26H34F3N3O3/c1-17(2)16-32(21-9-11-35-12-10-21)23-7-5-19(18(3)13-25(33)34-4)14-22(23)31-24-8-6-20(15-30-24)26(27,28)29/h5-8,14-15,17-18,21H,9-13,16H2,1-4H3,(H,30,31). The van der Waals surface area contributed by atoms with Crippen LogP contribution in [-0.2, 0) is 20.4 Å². The van der Waals surface area contributed by atoms with Gasteiger partial charge in [-0.25, -0.2) is 4.98 Å². The van der Waals surface area contributed by atoms with Gasteiger partial charge in [-0.2, -0.15) is 13.2 Å². The van der Waals surface area contributed by atoms with Crippen LogP contribution in [0.3, 0.4) is 0 Å². The van der Waals surface area contributed by atoms with Crippen molar-refractivity contribution in [2.75, 3.05) is 37.1 Å². The molecule has 1 atom stereocenters. The molecular formula is C26H34F3N3O3. The summed E-state index contributed by atoms with van der Waals surface area (Å²) in [6, 6.07) is 8.61. The number of methoxy groups -OCH3 is 1. The second-order valence-corrected chi connectivity index (χ2v) is 9.40. The molecule has 9 heteroatoms. The van der Waals surface area contributed by atoms with Crippen molar-refractivity contribution in [3.8, 4) is 0 Å². The second-order valence-electron chi connectivity index (χ2n) is 9.40. The number of halogens is 3. The summed E-state index contributed by atoms with van der Waals surface area (Å²) in [5.41, 5.74) is 1.80. The van der Waals surface area contributed by atoms with Gasteiger partial charge in [-0.15, -0.1) is 0 Å². The van der Waals surface area contributed by atoms with Crippen LogP contribution in [0.4, 0.5) is 30.4 Å². The average Bonchev–Trinajstić information content (AvgIpc) is 2.82. The highest BCUT2D eigenvalue weighted by Gasteiger charge is 2.31. The van der Waals surface area contributed by atoms with Crippen LogP contribution in [0.5, 0.6) is 0 Å². The molecular weight excluding hydrogens is 459 g/mol. The van der Waals surface area contributed by atoms with E-state index < -0.39 is 11.7 Å². The molecule has 0 bridgehead atoms. The van der Waals surface area contributed by atoms with Gasteiger partial charge in [0, 0.05) is 32.0 Å². The van der Waals surface area contributed by atoms with E-state index in [4.69, 9.17) is 9.47 Å². The number of hydrogen-bond acceptors (Lipinski definition) is 6. The van der Waals surface area contributed by atoms with Crippen molar-refractivity contribution in [3.05, 3.63) is 47.7 Å². The van der Waals surface area contributed by atoms with E-state index in [9.17, 15) is 18.0 Å². The zero-order valence-electron chi connectivity index (χ0n) is 20.7. The van der Waals surface area contributed by atoms with E-state index in [0.717, 1.165) is 48.6 Å². The topological polar surface area (TPSA) is 63.7 Å². The van der Waals surface area contributed by atoms with Crippen LogP contribution < -0.4 is 10.2 Å². The van der Waals surface area contributed by atoms with Gasteiger partial charge in [0.2, 0.25) is 0 Å². The Morgan fingerprint density at radius 3 is 2.49 bits per heavy atom. The fraction of sp³-hybridized carbons (Fsp3) is 0.538. The number of benzene rings is 1. The molecule has 2 aromatic rings. The summed E-state index contributed by atoms with van der Waals surface area (Å²) in [5.74, 6) is 0.310. The van der Waals surface area contributed by atoms with Gasteiger partial charge in [0.25, 0.3) is 0 Å². The summed E-state index contributed by atoms with van der Waals surface area (Å²) >= 11 is 0. The highest BCUT2D eigenvalue weighted by Crippen LogP contribution is 2.36. The molecule has 1 aliphatic rings. The molecule has 1 unspecified atom stereocenters. The van der Waals surface area contributed by atoms with E-state index in [1.54, 1.807) is 0 Å². The summed E-state index contributed by atoms with van der Waals surface area (Å²) in [6.45, 7) is 8.45. The van der Waals surface area contributed by atoms with Crippen molar-refractivity contribution in [1.29, 1.82) is 0 Å². The lowest BCUT2D eigenvalue weighted by atomic mass is 9.95. The van der Waals surface area contributed by atoms with Crippen molar-refractivity contribution < 1.29 is 27.4 Å². The zero-order valence-corrected chi connectivity index (χ0v) is 20.7. The largest absolute Gasteiger partial charge is 0.469 e. The first kappa shape index (κ1) is 26.8. The molecule has 0 saturated carbocycles. The zero-order chi connectivity index (χ0) is 25.6. The number of nitrogens with zero attached hydrogens (tertiary/aromatic N) is 2. The number of nitrogens with one attached hydrogen (secondary N) is 1. The third-order valence-corrected chi connectivity index (χ3v) is 6.15. The first-order valence-corrected chi connectivity index (χ1v) is 11.9. The Hall–Kier alpha value is -2.81. The molecule has 1 aromatic carbocycles. The molecule has 1 aromatic heterocycles. The minimum Gasteiger partial charge on any atom is -0.469 e. The summed E-state index contributed by atoms with van der Waals surface area (Å²) in [5, 5.41) is 3.24. The lowest BCUT2D eigenvalue weighted by molar-refractivity contribution is -0.141. The molecule has 192 valence electrons. The van der Waals surface area contributed by atoms with Crippen molar-refractivity contribution in [3.63, 3.8) is 0 Å². The molecule has 2 heterocycles. The van der Waals surface area contributed by atoms with Crippen LogP contribution in [0.2, 0.25) is 0 Å². The van der Waals surface area contributed by atoms with E-state index in [-0.39, 0.29) is 24.3 Å². The van der Waals surface area contributed by atoms with Crippen LogP contribution in [0, 0.1) is 5.92 Å². The Balaban J connectivity index is 2.00. The molecule has 35 heavy (non-hydrogen) atoms. The number of carbonyl (C=O) groups is 1. The van der Waals surface area contributed by atoms with Gasteiger partial charge in [0.05, 0.1) is 30.5 Å². The number of pyridine rings is 1. The number of aromatic nitrogens is 1. The average molecular weight is 494 g/mol. The van der Waals surface area contributed by atoms with Crippen molar-refractivity contribution in [2.24, 2.45) is 5.92 Å². The number of hydrogen-bond donors (Lipinski definition) is 1. The predicted molar refractivity (Wildman–Crippen MR) is 130 cm³/mol. The van der Waals surface area contributed by atoms with Gasteiger partial charge in [0.1, 0.15) is 5.82 Å². The third kappa shape index (κ3) is 7.34.